The van der Waals surface area contributed by atoms with Crippen LogP contribution in [0.4, 0.5) is 4.79 Å². The van der Waals surface area contributed by atoms with Crippen molar-refractivity contribution in [3.05, 3.63) is 59.2 Å². The van der Waals surface area contributed by atoms with Crippen LogP contribution in [-0.2, 0) is 6.42 Å². The lowest BCUT2D eigenvalue weighted by Gasteiger charge is -2.12. The second kappa shape index (κ2) is 6.76. The number of hydrogen-bond acceptors (Lipinski definition) is 4. The van der Waals surface area contributed by atoms with E-state index in [9.17, 15) is 14.7 Å². The average Bonchev–Trinajstić information content (AvgIpc) is 2.49. The van der Waals surface area contributed by atoms with E-state index < -0.39 is 12.1 Å². The van der Waals surface area contributed by atoms with Crippen molar-refractivity contribution in [2.24, 2.45) is 0 Å². The van der Waals surface area contributed by atoms with Crippen LogP contribution in [-0.4, -0.2) is 17.2 Å². The molecule has 0 spiro atoms. The van der Waals surface area contributed by atoms with Gasteiger partial charge < -0.3 is 14.6 Å². The van der Waals surface area contributed by atoms with Crippen LogP contribution >= 0.6 is 0 Å². The van der Waals surface area contributed by atoms with Crippen molar-refractivity contribution in [2.45, 2.75) is 20.3 Å². The number of ether oxygens (including phenoxy) is 2. The topological polar surface area (TPSA) is 72.8 Å². The minimum Gasteiger partial charge on any atom is -0.478 e. The second-order valence-electron chi connectivity index (χ2n) is 4.67. The summed E-state index contributed by atoms with van der Waals surface area (Å²) in [7, 11) is 0. The fourth-order valence-electron chi connectivity index (χ4n) is 2.02. The number of carboxylic acid groups (broad SMARTS) is 1. The number of aryl methyl sites for hydroxylation is 2. The lowest BCUT2D eigenvalue weighted by atomic mass is 10.1. The van der Waals surface area contributed by atoms with Crippen LogP contribution in [0.25, 0.3) is 0 Å². The van der Waals surface area contributed by atoms with Gasteiger partial charge >= 0.3 is 12.1 Å². The zero-order chi connectivity index (χ0) is 16.1. The Bertz CT molecular complexity index is 706. The Morgan fingerprint density at radius 2 is 1.77 bits per heavy atom. The maximum absolute atomic E-state index is 11.9. The van der Waals surface area contributed by atoms with Gasteiger partial charge in [-0.25, -0.2) is 9.59 Å². The maximum Gasteiger partial charge on any atom is 0.519 e. The quantitative estimate of drug-likeness (QED) is 0.686. The summed E-state index contributed by atoms with van der Waals surface area (Å²) in [4.78, 5) is 23.2. The van der Waals surface area contributed by atoms with Gasteiger partial charge in [0.25, 0.3) is 0 Å². The van der Waals surface area contributed by atoms with Crippen molar-refractivity contribution < 1.29 is 24.2 Å². The molecule has 0 aliphatic rings. The molecule has 114 valence electrons. The minimum atomic E-state index is -1.16. The SMILES string of the molecule is CCc1cccc(C(=O)O)c1OC(=O)Oc1ccccc1C. The molecule has 0 atom stereocenters. The standard InChI is InChI=1S/C17H16O5/c1-3-12-8-6-9-13(16(18)19)15(12)22-17(20)21-14-10-5-4-7-11(14)2/h4-10H,3H2,1-2H3,(H,18,19). The molecule has 0 aliphatic carbocycles. The van der Waals surface area contributed by atoms with Crippen LogP contribution in [0.5, 0.6) is 11.5 Å². The Morgan fingerprint density at radius 1 is 1.05 bits per heavy atom. The number of para-hydroxylation sites is 2. The smallest absolute Gasteiger partial charge is 0.478 e. The first-order valence-corrected chi connectivity index (χ1v) is 6.83. The Balaban J connectivity index is 2.25. The highest BCUT2D eigenvalue weighted by Gasteiger charge is 2.19. The molecular weight excluding hydrogens is 284 g/mol. The highest BCUT2D eigenvalue weighted by molar-refractivity contribution is 5.92. The van der Waals surface area contributed by atoms with Gasteiger partial charge in [-0.3, -0.25) is 0 Å². The molecule has 0 radical (unpaired) electrons. The summed E-state index contributed by atoms with van der Waals surface area (Å²) in [6, 6.07) is 11.7. The molecule has 2 rings (SSSR count). The molecule has 1 N–H and O–H groups in total. The second-order valence-corrected chi connectivity index (χ2v) is 4.67. The normalized spacial score (nSPS) is 10.1. The Labute approximate surface area is 128 Å². The van der Waals surface area contributed by atoms with Gasteiger partial charge in [-0.15, -0.1) is 0 Å². The van der Waals surface area contributed by atoms with E-state index in [0.717, 1.165) is 5.56 Å². The van der Waals surface area contributed by atoms with E-state index in [4.69, 9.17) is 9.47 Å². The molecule has 0 saturated carbocycles. The summed E-state index contributed by atoms with van der Waals surface area (Å²) >= 11 is 0. The third kappa shape index (κ3) is 3.44. The molecule has 0 fully saturated rings. The van der Waals surface area contributed by atoms with Crippen molar-refractivity contribution in [3.8, 4) is 11.5 Å². The summed E-state index contributed by atoms with van der Waals surface area (Å²) in [6.45, 7) is 3.64. The van der Waals surface area contributed by atoms with Gasteiger partial charge in [0.15, 0.2) is 5.75 Å². The van der Waals surface area contributed by atoms with Crippen molar-refractivity contribution in [1.82, 2.24) is 0 Å². The maximum atomic E-state index is 11.9. The summed E-state index contributed by atoms with van der Waals surface area (Å²) in [6.07, 6.45) is -0.425. The number of hydrogen-bond donors (Lipinski definition) is 1. The molecule has 0 bridgehead atoms. The number of carboxylic acids is 1. The molecule has 0 heterocycles. The predicted octanol–water partition coefficient (Wildman–Crippen LogP) is 3.83. The summed E-state index contributed by atoms with van der Waals surface area (Å²) in [5, 5.41) is 9.20. The van der Waals surface area contributed by atoms with Gasteiger partial charge in [0.05, 0.1) is 0 Å². The van der Waals surface area contributed by atoms with E-state index in [1.807, 2.05) is 13.0 Å². The monoisotopic (exact) mass is 300 g/mol. The van der Waals surface area contributed by atoms with Crippen LogP contribution in [0.3, 0.4) is 0 Å². The van der Waals surface area contributed by atoms with Crippen LogP contribution in [0.1, 0.15) is 28.4 Å². The van der Waals surface area contributed by atoms with E-state index >= 15 is 0 Å². The van der Waals surface area contributed by atoms with Gasteiger partial charge in [-0.05, 0) is 36.6 Å². The van der Waals surface area contributed by atoms with Gasteiger partial charge in [-0.2, -0.15) is 0 Å². The van der Waals surface area contributed by atoms with Crippen molar-refractivity contribution >= 4 is 12.1 Å². The van der Waals surface area contributed by atoms with E-state index in [1.165, 1.54) is 6.07 Å². The van der Waals surface area contributed by atoms with Gasteiger partial charge in [0, 0.05) is 0 Å². The van der Waals surface area contributed by atoms with Gasteiger partial charge in [0.1, 0.15) is 11.3 Å². The van der Waals surface area contributed by atoms with E-state index in [1.54, 1.807) is 37.3 Å². The van der Waals surface area contributed by atoms with E-state index in [2.05, 4.69) is 0 Å². The predicted molar refractivity (Wildman–Crippen MR) is 80.6 cm³/mol. The third-order valence-electron chi connectivity index (χ3n) is 3.18. The molecule has 0 amide bonds. The van der Waals surface area contributed by atoms with Crippen molar-refractivity contribution in [2.75, 3.05) is 0 Å². The van der Waals surface area contributed by atoms with Crippen molar-refractivity contribution in [3.63, 3.8) is 0 Å². The molecule has 5 heteroatoms. The average molecular weight is 300 g/mol. The lowest BCUT2D eigenvalue weighted by molar-refractivity contribution is 0.0693. The molecule has 0 unspecified atom stereocenters. The molecule has 2 aromatic rings. The minimum absolute atomic E-state index is 0.0242. The molecule has 0 saturated heterocycles. The van der Waals surface area contributed by atoms with Crippen LogP contribution < -0.4 is 9.47 Å². The summed E-state index contributed by atoms with van der Waals surface area (Å²) < 4.78 is 10.3. The fourth-order valence-corrected chi connectivity index (χ4v) is 2.02. The first-order valence-electron chi connectivity index (χ1n) is 6.83. The van der Waals surface area contributed by atoms with Crippen molar-refractivity contribution in [1.29, 1.82) is 0 Å². The zero-order valence-corrected chi connectivity index (χ0v) is 12.3. The van der Waals surface area contributed by atoms with E-state index in [-0.39, 0.29) is 11.3 Å². The highest BCUT2D eigenvalue weighted by Crippen LogP contribution is 2.26. The van der Waals surface area contributed by atoms with Gasteiger partial charge in [0.2, 0.25) is 0 Å². The molecule has 2 aromatic carbocycles. The molecule has 0 aromatic heterocycles. The lowest BCUT2D eigenvalue weighted by Crippen LogP contribution is -2.17. The first kappa shape index (κ1) is 15.6. The number of carbonyl (C=O) groups excluding carboxylic acids is 1. The largest absolute Gasteiger partial charge is 0.519 e. The molecule has 0 aliphatic heterocycles. The van der Waals surface area contributed by atoms with Gasteiger partial charge in [-0.1, -0.05) is 37.3 Å². The summed E-state index contributed by atoms with van der Waals surface area (Å²) in [5.41, 5.74) is 1.34. The molecule has 22 heavy (non-hydrogen) atoms. The highest BCUT2D eigenvalue weighted by atomic mass is 16.7. The van der Waals surface area contributed by atoms with E-state index in [0.29, 0.717) is 17.7 Å². The molecular formula is C17H16O5. The zero-order valence-electron chi connectivity index (χ0n) is 12.3. The Kier molecular flexibility index (Phi) is 4.78. The number of aromatic carboxylic acids is 1. The summed E-state index contributed by atoms with van der Waals surface area (Å²) in [5.74, 6) is -0.761. The number of benzene rings is 2. The Hall–Kier alpha value is -2.82. The Morgan fingerprint density at radius 3 is 2.41 bits per heavy atom. The number of rotatable bonds is 4. The van der Waals surface area contributed by atoms with Crippen LogP contribution in [0.2, 0.25) is 0 Å². The third-order valence-corrected chi connectivity index (χ3v) is 3.18. The fraction of sp³-hybridized carbons (Fsp3) is 0.176. The number of carbonyl (C=O) groups is 2. The van der Waals surface area contributed by atoms with Crippen LogP contribution in [0.15, 0.2) is 42.5 Å². The molecule has 5 nitrogen and oxygen atoms in total. The van der Waals surface area contributed by atoms with Crippen LogP contribution in [0, 0.1) is 6.92 Å². The first-order chi connectivity index (χ1) is 10.5.